The molecule has 0 aliphatic heterocycles. The molecule has 0 aliphatic carbocycles. The number of thiophene rings is 1. The summed E-state index contributed by atoms with van der Waals surface area (Å²) in [5.74, 6) is 0.571. The summed E-state index contributed by atoms with van der Waals surface area (Å²) in [4.78, 5) is 22.6. The van der Waals surface area contributed by atoms with E-state index in [0.29, 0.717) is 5.92 Å². The third-order valence-electron chi connectivity index (χ3n) is 3.69. The van der Waals surface area contributed by atoms with Crippen LogP contribution >= 0.6 is 11.3 Å². The van der Waals surface area contributed by atoms with Crippen LogP contribution in [0.2, 0.25) is 0 Å². The first-order valence-corrected chi connectivity index (χ1v) is 8.05. The fourth-order valence-electron chi connectivity index (χ4n) is 2.56. The van der Waals surface area contributed by atoms with Gasteiger partial charge in [-0.15, -0.1) is 11.3 Å². The third kappa shape index (κ3) is 2.46. The lowest BCUT2D eigenvalue weighted by Gasteiger charge is -2.07. The number of nitrogens with zero attached hydrogens (tertiary/aromatic N) is 3. The Morgan fingerprint density at radius 2 is 2.10 bits per heavy atom. The summed E-state index contributed by atoms with van der Waals surface area (Å²) in [5, 5.41) is 1.02. The summed E-state index contributed by atoms with van der Waals surface area (Å²) in [6.45, 7) is 9.07. The first kappa shape index (κ1) is 14.2. The fourth-order valence-corrected chi connectivity index (χ4v) is 3.76. The molecular formula is C16H19N3OS. The van der Waals surface area contributed by atoms with Gasteiger partial charge < -0.3 is 0 Å². The second-order valence-corrected chi connectivity index (χ2v) is 6.97. The minimum atomic E-state index is 0.0562. The molecule has 5 heteroatoms. The fraction of sp³-hybridized carbons (Fsp3) is 0.438. The van der Waals surface area contributed by atoms with Crippen LogP contribution in [0.25, 0.3) is 20.4 Å². The molecule has 21 heavy (non-hydrogen) atoms. The predicted octanol–water partition coefficient (Wildman–Crippen LogP) is 3.67. The van der Waals surface area contributed by atoms with Crippen LogP contribution in [-0.4, -0.2) is 14.5 Å². The van der Waals surface area contributed by atoms with Crippen molar-refractivity contribution in [3.05, 3.63) is 34.0 Å². The van der Waals surface area contributed by atoms with E-state index < -0.39 is 0 Å². The zero-order chi connectivity index (χ0) is 15.1. The Labute approximate surface area is 127 Å². The van der Waals surface area contributed by atoms with Gasteiger partial charge in [0.05, 0.1) is 11.8 Å². The van der Waals surface area contributed by atoms with Crippen LogP contribution in [0.3, 0.4) is 0 Å². The van der Waals surface area contributed by atoms with Gasteiger partial charge in [-0.3, -0.25) is 9.36 Å². The van der Waals surface area contributed by atoms with E-state index >= 15 is 0 Å². The number of hydrogen-bond acceptors (Lipinski definition) is 4. The molecule has 0 N–H and O–H groups in total. The van der Waals surface area contributed by atoms with E-state index in [0.717, 1.165) is 44.7 Å². The topological polar surface area (TPSA) is 47.8 Å². The van der Waals surface area contributed by atoms with Gasteiger partial charge in [-0.25, -0.2) is 9.97 Å². The van der Waals surface area contributed by atoms with E-state index in [9.17, 15) is 4.79 Å². The molecule has 0 bridgehead atoms. The predicted molar refractivity (Wildman–Crippen MR) is 88.1 cm³/mol. The molecule has 3 aromatic heterocycles. The largest absolute Gasteiger partial charge is 0.298 e. The molecule has 0 amide bonds. The maximum absolute atomic E-state index is 12.6. The zero-order valence-corrected chi connectivity index (χ0v) is 13.6. The van der Waals surface area contributed by atoms with Crippen LogP contribution in [0.5, 0.6) is 0 Å². The van der Waals surface area contributed by atoms with E-state index in [4.69, 9.17) is 0 Å². The van der Waals surface area contributed by atoms with E-state index in [1.807, 2.05) is 13.0 Å². The van der Waals surface area contributed by atoms with Crippen molar-refractivity contribution in [2.75, 3.05) is 0 Å². The lowest BCUT2D eigenvalue weighted by molar-refractivity contribution is 0.506. The number of rotatable bonds is 3. The standard InChI is InChI=1S/C16H19N3OS/c1-9(2)5-6-19-8-17-13-12-10(3)7-11(4)18-15(12)21-14(13)16(19)20/h7-9H,5-6H2,1-4H3. The maximum Gasteiger partial charge on any atom is 0.271 e. The lowest BCUT2D eigenvalue weighted by Crippen LogP contribution is -2.20. The van der Waals surface area contributed by atoms with Gasteiger partial charge in [0.15, 0.2) is 0 Å². The highest BCUT2D eigenvalue weighted by Gasteiger charge is 2.14. The quantitative estimate of drug-likeness (QED) is 0.741. The summed E-state index contributed by atoms with van der Waals surface area (Å²) < 4.78 is 2.44. The number of aryl methyl sites for hydroxylation is 3. The molecular weight excluding hydrogens is 282 g/mol. The van der Waals surface area contributed by atoms with Crippen molar-refractivity contribution >= 4 is 31.8 Å². The Kier molecular flexibility index (Phi) is 3.53. The molecule has 0 unspecified atom stereocenters. The average molecular weight is 301 g/mol. The molecule has 4 nitrogen and oxygen atoms in total. The maximum atomic E-state index is 12.6. The first-order valence-electron chi connectivity index (χ1n) is 7.23. The highest BCUT2D eigenvalue weighted by atomic mass is 32.1. The Bertz CT molecular complexity index is 876. The Balaban J connectivity index is 2.23. The molecule has 0 saturated carbocycles. The monoisotopic (exact) mass is 301 g/mol. The SMILES string of the molecule is Cc1cc(C)c2c(n1)sc1c(=O)n(CCC(C)C)cnc12. The van der Waals surface area contributed by atoms with Gasteiger partial charge in [0.1, 0.15) is 9.53 Å². The van der Waals surface area contributed by atoms with Gasteiger partial charge in [-0.2, -0.15) is 0 Å². The molecule has 0 atom stereocenters. The van der Waals surface area contributed by atoms with E-state index in [1.54, 1.807) is 10.9 Å². The van der Waals surface area contributed by atoms with Crippen molar-refractivity contribution in [2.24, 2.45) is 5.92 Å². The molecule has 3 heterocycles. The summed E-state index contributed by atoms with van der Waals surface area (Å²) >= 11 is 1.46. The van der Waals surface area contributed by atoms with Crippen LogP contribution in [-0.2, 0) is 6.54 Å². The van der Waals surface area contributed by atoms with Gasteiger partial charge in [0, 0.05) is 17.6 Å². The van der Waals surface area contributed by atoms with Crippen LogP contribution < -0.4 is 5.56 Å². The molecule has 0 aromatic carbocycles. The number of fused-ring (bicyclic) bond motifs is 3. The van der Waals surface area contributed by atoms with Crippen LogP contribution in [0.4, 0.5) is 0 Å². The molecule has 0 fully saturated rings. The summed E-state index contributed by atoms with van der Waals surface area (Å²) in [5.41, 5.74) is 2.97. The summed E-state index contributed by atoms with van der Waals surface area (Å²) in [6.07, 6.45) is 2.66. The van der Waals surface area contributed by atoms with Crippen molar-refractivity contribution in [3.8, 4) is 0 Å². The number of pyridine rings is 1. The highest BCUT2D eigenvalue weighted by molar-refractivity contribution is 7.25. The smallest absolute Gasteiger partial charge is 0.271 e. The molecule has 0 saturated heterocycles. The van der Waals surface area contributed by atoms with Gasteiger partial charge >= 0.3 is 0 Å². The van der Waals surface area contributed by atoms with Crippen molar-refractivity contribution in [1.29, 1.82) is 0 Å². The normalized spacial score (nSPS) is 11.9. The van der Waals surface area contributed by atoms with Crippen molar-refractivity contribution in [2.45, 2.75) is 40.7 Å². The second kappa shape index (κ2) is 5.22. The molecule has 0 aliphatic rings. The molecule has 110 valence electrons. The molecule has 0 spiro atoms. The van der Waals surface area contributed by atoms with E-state index in [1.165, 1.54) is 11.3 Å². The van der Waals surface area contributed by atoms with Crippen molar-refractivity contribution < 1.29 is 0 Å². The zero-order valence-electron chi connectivity index (χ0n) is 12.8. The van der Waals surface area contributed by atoms with Crippen LogP contribution in [0.1, 0.15) is 31.5 Å². The van der Waals surface area contributed by atoms with Crippen molar-refractivity contribution in [1.82, 2.24) is 14.5 Å². The van der Waals surface area contributed by atoms with Gasteiger partial charge in [0.2, 0.25) is 0 Å². The second-order valence-electron chi connectivity index (χ2n) is 5.97. The first-order chi connectivity index (χ1) is 9.97. The molecule has 0 radical (unpaired) electrons. The highest BCUT2D eigenvalue weighted by Crippen LogP contribution is 2.31. The van der Waals surface area contributed by atoms with Crippen LogP contribution in [0.15, 0.2) is 17.2 Å². The number of aromatic nitrogens is 3. The summed E-state index contributed by atoms with van der Waals surface area (Å²) in [7, 11) is 0. The minimum absolute atomic E-state index is 0.0562. The third-order valence-corrected chi connectivity index (χ3v) is 4.75. The van der Waals surface area contributed by atoms with Gasteiger partial charge in [0.25, 0.3) is 5.56 Å². The molecule has 3 rings (SSSR count). The van der Waals surface area contributed by atoms with Gasteiger partial charge in [-0.05, 0) is 37.8 Å². The van der Waals surface area contributed by atoms with Crippen molar-refractivity contribution in [3.63, 3.8) is 0 Å². The Morgan fingerprint density at radius 3 is 2.81 bits per heavy atom. The average Bonchev–Trinajstić information content (AvgIpc) is 2.77. The van der Waals surface area contributed by atoms with E-state index in [2.05, 4.69) is 30.7 Å². The lowest BCUT2D eigenvalue weighted by atomic mass is 10.1. The summed E-state index contributed by atoms with van der Waals surface area (Å²) in [6, 6.07) is 2.04. The Morgan fingerprint density at radius 1 is 1.33 bits per heavy atom. The van der Waals surface area contributed by atoms with Gasteiger partial charge in [-0.1, -0.05) is 13.8 Å². The van der Waals surface area contributed by atoms with Crippen LogP contribution in [0, 0.1) is 19.8 Å². The molecule has 3 aromatic rings. The minimum Gasteiger partial charge on any atom is -0.298 e. The number of hydrogen-bond donors (Lipinski definition) is 0. The van der Waals surface area contributed by atoms with E-state index in [-0.39, 0.29) is 5.56 Å². The Hall–Kier alpha value is -1.75.